The summed E-state index contributed by atoms with van der Waals surface area (Å²) >= 11 is 9.02. The number of hydrogen-bond acceptors (Lipinski definition) is 4. The first kappa shape index (κ1) is 17.2. The first-order chi connectivity index (χ1) is 10.1. The zero-order chi connectivity index (χ0) is 16.7. The quantitative estimate of drug-likeness (QED) is 0.796. The predicted octanol–water partition coefficient (Wildman–Crippen LogP) is 1.72. The van der Waals surface area contributed by atoms with E-state index < -0.39 is 39.0 Å². The van der Waals surface area contributed by atoms with Gasteiger partial charge in [0, 0.05) is 16.6 Å². The fraction of sp³-hybridized carbons (Fsp3) is 0.333. The summed E-state index contributed by atoms with van der Waals surface area (Å²) in [5, 5.41) is 5.61. The van der Waals surface area contributed by atoms with Gasteiger partial charge in [0.1, 0.15) is 0 Å². The van der Waals surface area contributed by atoms with E-state index in [0.29, 0.717) is 4.47 Å². The molecule has 1 heterocycles. The molecule has 10 heteroatoms. The lowest BCUT2D eigenvalue weighted by molar-refractivity contribution is -0.146. The van der Waals surface area contributed by atoms with Gasteiger partial charge in [-0.2, -0.15) is 0 Å². The molecule has 0 spiro atoms. The summed E-state index contributed by atoms with van der Waals surface area (Å²) in [5.41, 5.74) is 0.111. The van der Waals surface area contributed by atoms with Crippen LogP contribution in [0.2, 0.25) is 5.02 Å². The standard InChI is InChI=1S/C12H10BrClFNO5S/c13-8-2-1-7(5-9(8)14)10(17)16-3-4-22(20,21)12(15,6-16)11(18)19/h1-2,5H,3-4,6H2,(H,18,19)/t12-/m0/s1. The monoisotopic (exact) mass is 413 g/mol. The van der Waals surface area contributed by atoms with Crippen LogP contribution in [0.4, 0.5) is 4.39 Å². The second-order valence-electron chi connectivity index (χ2n) is 4.71. The number of aliphatic carboxylic acids is 1. The smallest absolute Gasteiger partial charge is 0.359 e. The topological polar surface area (TPSA) is 91.8 Å². The first-order valence-electron chi connectivity index (χ1n) is 5.97. The molecule has 0 radical (unpaired) electrons. The number of alkyl halides is 1. The molecule has 0 saturated carbocycles. The molecule has 1 aromatic carbocycles. The van der Waals surface area contributed by atoms with Crippen LogP contribution >= 0.6 is 27.5 Å². The van der Waals surface area contributed by atoms with Crippen LogP contribution in [0.3, 0.4) is 0 Å². The lowest BCUT2D eigenvalue weighted by Gasteiger charge is -2.34. The maximum Gasteiger partial charge on any atom is 0.359 e. The second-order valence-corrected chi connectivity index (χ2v) is 8.25. The third-order valence-electron chi connectivity index (χ3n) is 3.29. The van der Waals surface area contributed by atoms with E-state index in [1.54, 1.807) is 0 Å². The van der Waals surface area contributed by atoms with Gasteiger partial charge in [0.05, 0.1) is 17.3 Å². The van der Waals surface area contributed by atoms with Crippen molar-refractivity contribution in [3.05, 3.63) is 33.3 Å². The van der Waals surface area contributed by atoms with Crippen molar-refractivity contribution in [2.45, 2.75) is 5.00 Å². The van der Waals surface area contributed by atoms with Gasteiger partial charge in [-0.15, -0.1) is 0 Å². The molecule has 1 aliphatic heterocycles. The van der Waals surface area contributed by atoms with Gasteiger partial charge >= 0.3 is 11.0 Å². The number of carboxylic acids is 1. The van der Waals surface area contributed by atoms with Crippen LogP contribution in [-0.2, 0) is 14.6 Å². The Morgan fingerprint density at radius 1 is 1.41 bits per heavy atom. The van der Waals surface area contributed by atoms with Gasteiger partial charge in [-0.25, -0.2) is 17.6 Å². The maximum atomic E-state index is 14.3. The molecule has 0 bridgehead atoms. The third kappa shape index (κ3) is 2.84. The fourth-order valence-corrected chi connectivity index (χ4v) is 3.83. The van der Waals surface area contributed by atoms with Crippen molar-refractivity contribution in [2.75, 3.05) is 18.8 Å². The van der Waals surface area contributed by atoms with Gasteiger partial charge in [-0.1, -0.05) is 11.6 Å². The molecule has 22 heavy (non-hydrogen) atoms. The normalized spacial score (nSPS) is 24.0. The number of halogens is 3. The van der Waals surface area contributed by atoms with Gasteiger partial charge in [0.15, 0.2) is 9.84 Å². The van der Waals surface area contributed by atoms with Gasteiger partial charge in [0.25, 0.3) is 5.91 Å². The van der Waals surface area contributed by atoms with Crippen molar-refractivity contribution in [1.82, 2.24) is 4.90 Å². The number of amides is 1. The largest absolute Gasteiger partial charge is 0.478 e. The van der Waals surface area contributed by atoms with E-state index in [1.165, 1.54) is 18.2 Å². The molecule has 1 aliphatic rings. The Morgan fingerprint density at radius 3 is 2.59 bits per heavy atom. The Morgan fingerprint density at radius 2 is 2.05 bits per heavy atom. The molecule has 6 nitrogen and oxygen atoms in total. The lowest BCUT2D eigenvalue weighted by Crippen LogP contribution is -2.59. The average molecular weight is 415 g/mol. The van der Waals surface area contributed by atoms with E-state index in [-0.39, 0.29) is 17.1 Å². The summed E-state index contributed by atoms with van der Waals surface area (Å²) < 4.78 is 38.1. The van der Waals surface area contributed by atoms with Gasteiger partial charge in [-0.05, 0) is 34.1 Å². The molecule has 0 aliphatic carbocycles. The highest BCUT2D eigenvalue weighted by molar-refractivity contribution is 9.10. The molecule has 1 aromatic rings. The average Bonchev–Trinajstić information content (AvgIpc) is 2.44. The number of carbonyl (C=O) groups excluding carboxylic acids is 1. The summed E-state index contributed by atoms with van der Waals surface area (Å²) in [7, 11) is -4.48. The number of benzene rings is 1. The molecule has 2 rings (SSSR count). The van der Waals surface area contributed by atoms with E-state index in [0.717, 1.165) is 4.90 Å². The van der Waals surface area contributed by atoms with Crippen LogP contribution in [0.1, 0.15) is 10.4 Å². The van der Waals surface area contributed by atoms with E-state index in [2.05, 4.69) is 15.9 Å². The number of hydrogen-bond donors (Lipinski definition) is 1. The van der Waals surface area contributed by atoms with E-state index in [4.69, 9.17) is 16.7 Å². The van der Waals surface area contributed by atoms with Crippen molar-refractivity contribution in [3.63, 3.8) is 0 Å². The minimum atomic E-state index is -4.48. The summed E-state index contributed by atoms with van der Waals surface area (Å²) in [6, 6.07) is 4.26. The van der Waals surface area contributed by atoms with Crippen molar-refractivity contribution >= 4 is 49.2 Å². The number of sulfone groups is 1. The van der Waals surface area contributed by atoms with Crippen LogP contribution in [0.25, 0.3) is 0 Å². The Balaban J connectivity index is 2.32. The molecule has 1 N–H and O–H groups in total. The summed E-state index contributed by atoms with van der Waals surface area (Å²) in [6.45, 7) is -1.34. The Kier molecular flexibility index (Phi) is 4.51. The van der Waals surface area contributed by atoms with Crippen molar-refractivity contribution in [1.29, 1.82) is 0 Å². The second kappa shape index (κ2) is 5.78. The molecular formula is C12H10BrClFNO5S. The Labute approximate surface area is 138 Å². The number of nitrogens with zero attached hydrogens (tertiary/aromatic N) is 1. The highest BCUT2D eigenvalue weighted by Crippen LogP contribution is 2.29. The van der Waals surface area contributed by atoms with E-state index in [1.807, 2.05) is 0 Å². The summed E-state index contributed by atoms with van der Waals surface area (Å²) in [4.78, 5) is 24.1. The van der Waals surface area contributed by atoms with E-state index >= 15 is 0 Å². The molecule has 1 atom stereocenters. The van der Waals surface area contributed by atoms with Gasteiger partial charge in [-0.3, -0.25) is 4.79 Å². The molecule has 0 aromatic heterocycles. The fourth-order valence-electron chi connectivity index (χ4n) is 2.00. The molecular weight excluding hydrogens is 405 g/mol. The van der Waals surface area contributed by atoms with Crippen LogP contribution in [-0.4, -0.2) is 54.1 Å². The van der Waals surface area contributed by atoms with Crippen LogP contribution in [0, 0.1) is 0 Å². The van der Waals surface area contributed by atoms with Gasteiger partial charge < -0.3 is 10.0 Å². The predicted molar refractivity (Wildman–Crippen MR) is 80.3 cm³/mol. The molecule has 0 unspecified atom stereocenters. The molecule has 120 valence electrons. The van der Waals surface area contributed by atoms with Crippen molar-refractivity contribution < 1.29 is 27.5 Å². The Bertz CT molecular complexity index is 756. The molecule has 1 fully saturated rings. The van der Waals surface area contributed by atoms with Gasteiger partial charge in [0.2, 0.25) is 0 Å². The number of carbonyl (C=O) groups is 2. The van der Waals surface area contributed by atoms with Crippen molar-refractivity contribution in [3.8, 4) is 0 Å². The van der Waals surface area contributed by atoms with Crippen LogP contribution < -0.4 is 0 Å². The zero-order valence-corrected chi connectivity index (χ0v) is 14.1. The summed E-state index contributed by atoms with van der Waals surface area (Å²) in [5.74, 6) is -3.57. The Hall–Kier alpha value is -1.19. The minimum Gasteiger partial charge on any atom is -0.478 e. The van der Waals surface area contributed by atoms with E-state index in [9.17, 15) is 22.4 Å². The minimum absolute atomic E-state index is 0.111. The number of rotatable bonds is 2. The van der Waals surface area contributed by atoms with Crippen LogP contribution in [0.5, 0.6) is 0 Å². The molecule has 1 amide bonds. The SMILES string of the molecule is O=C(c1ccc(Br)c(Cl)c1)N1CCS(=O)(=O)[C@](F)(C(=O)O)C1. The third-order valence-corrected chi connectivity index (χ3v) is 6.53. The summed E-state index contributed by atoms with van der Waals surface area (Å²) in [6.07, 6.45) is 0. The van der Waals surface area contributed by atoms with Crippen LogP contribution in [0.15, 0.2) is 22.7 Å². The highest BCUT2D eigenvalue weighted by Gasteiger charge is 2.56. The highest BCUT2D eigenvalue weighted by atomic mass is 79.9. The zero-order valence-electron chi connectivity index (χ0n) is 10.9. The number of carboxylic acid groups (broad SMARTS) is 1. The molecule has 1 saturated heterocycles. The lowest BCUT2D eigenvalue weighted by atomic mass is 10.2. The maximum absolute atomic E-state index is 14.3. The first-order valence-corrected chi connectivity index (χ1v) is 8.80. The van der Waals surface area contributed by atoms with Crippen molar-refractivity contribution in [2.24, 2.45) is 0 Å².